The number of rotatable bonds is 4. The first-order valence-electron chi connectivity index (χ1n) is 5.47. The van der Waals surface area contributed by atoms with Crippen LogP contribution in [0.2, 0.25) is 0 Å². The summed E-state index contributed by atoms with van der Waals surface area (Å²) < 4.78 is 0. The third-order valence-corrected chi connectivity index (χ3v) is 2.43. The number of anilines is 1. The lowest BCUT2D eigenvalue weighted by Crippen LogP contribution is -2.10. The molecular formula is C13H21N. The molecule has 0 saturated heterocycles. The van der Waals surface area contributed by atoms with E-state index in [2.05, 4.69) is 51.2 Å². The third-order valence-electron chi connectivity index (χ3n) is 2.43. The fraction of sp³-hybridized carbons (Fsp3) is 0.538. The zero-order chi connectivity index (χ0) is 10.6. The summed E-state index contributed by atoms with van der Waals surface area (Å²) >= 11 is 0. The van der Waals surface area contributed by atoms with Gasteiger partial charge >= 0.3 is 0 Å². The Morgan fingerprint density at radius 2 is 2.00 bits per heavy atom. The molecule has 0 aliphatic heterocycles. The summed E-state index contributed by atoms with van der Waals surface area (Å²) in [6.45, 7) is 9.89. The topological polar surface area (TPSA) is 12.0 Å². The Morgan fingerprint density at radius 3 is 2.57 bits per heavy atom. The van der Waals surface area contributed by atoms with Gasteiger partial charge < -0.3 is 5.32 Å². The highest BCUT2D eigenvalue weighted by molar-refractivity contribution is 5.57. The number of hydrogen-bond donors (Lipinski definition) is 1. The van der Waals surface area contributed by atoms with Crippen LogP contribution in [0.25, 0.3) is 0 Å². The molecule has 0 unspecified atom stereocenters. The van der Waals surface area contributed by atoms with Crippen LogP contribution < -0.4 is 5.32 Å². The number of para-hydroxylation sites is 1. The Kier molecular flexibility index (Phi) is 3.99. The summed E-state index contributed by atoms with van der Waals surface area (Å²) in [6, 6.07) is 6.51. The summed E-state index contributed by atoms with van der Waals surface area (Å²) in [6.07, 6.45) is 1.10. The van der Waals surface area contributed by atoms with Crippen LogP contribution in [0.5, 0.6) is 0 Å². The number of aryl methyl sites for hydroxylation is 2. The monoisotopic (exact) mass is 191 g/mol. The maximum atomic E-state index is 3.53. The number of nitrogens with one attached hydrogen (secondary N) is 1. The number of benzene rings is 1. The minimum atomic E-state index is 0.694. The van der Waals surface area contributed by atoms with E-state index >= 15 is 0 Å². The average molecular weight is 191 g/mol. The quantitative estimate of drug-likeness (QED) is 0.766. The van der Waals surface area contributed by atoms with Gasteiger partial charge in [0.2, 0.25) is 0 Å². The molecule has 1 nitrogen and oxygen atoms in total. The molecule has 78 valence electrons. The molecule has 0 fully saturated rings. The molecule has 0 saturated carbocycles. The highest BCUT2D eigenvalue weighted by Gasteiger charge is 2.03. The van der Waals surface area contributed by atoms with Gasteiger partial charge in [0.15, 0.2) is 0 Å². The maximum Gasteiger partial charge on any atom is 0.0402 e. The molecule has 0 aliphatic rings. The van der Waals surface area contributed by atoms with Crippen molar-refractivity contribution in [3.05, 3.63) is 29.3 Å². The van der Waals surface area contributed by atoms with E-state index in [0.717, 1.165) is 13.0 Å². The van der Waals surface area contributed by atoms with Gasteiger partial charge in [0, 0.05) is 12.2 Å². The SMILES string of the molecule is CCc1cccc(C)c1NCC(C)C. The minimum absolute atomic E-state index is 0.694. The molecule has 1 aromatic rings. The Bertz CT molecular complexity index is 289. The minimum Gasteiger partial charge on any atom is -0.384 e. The van der Waals surface area contributed by atoms with Crippen LogP contribution in [-0.4, -0.2) is 6.54 Å². The summed E-state index contributed by atoms with van der Waals surface area (Å²) in [4.78, 5) is 0. The van der Waals surface area contributed by atoms with E-state index < -0.39 is 0 Å². The Labute approximate surface area is 87.5 Å². The van der Waals surface area contributed by atoms with Crippen molar-refractivity contribution < 1.29 is 0 Å². The van der Waals surface area contributed by atoms with Crippen LogP contribution in [0, 0.1) is 12.8 Å². The van der Waals surface area contributed by atoms with Crippen LogP contribution >= 0.6 is 0 Å². The van der Waals surface area contributed by atoms with Crippen molar-refractivity contribution in [2.75, 3.05) is 11.9 Å². The van der Waals surface area contributed by atoms with Gasteiger partial charge in [0.25, 0.3) is 0 Å². The van der Waals surface area contributed by atoms with Gasteiger partial charge in [-0.25, -0.2) is 0 Å². The molecule has 0 aromatic heterocycles. The first kappa shape index (κ1) is 11.1. The second-order valence-electron chi connectivity index (χ2n) is 4.24. The van der Waals surface area contributed by atoms with E-state index in [1.54, 1.807) is 0 Å². The van der Waals surface area contributed by atoms with Crippen molar-refractivity contribution in [2.45, 2.75) is 34.1 Å². The van der Waals surface area contributed by atoms with Crippen LogP contribution in [0.1, 0.15) is 31.9 Å². The molecule has 0 heterocycles. The Hall–Kier alpha value is -0.980. The van der Waals surface area contributed by atoms with Crippen LogP contribution in [0.4, 0.5) is 5.69 Å². The third kappa shape index (κ3) is 2.76. The molecule has 1 heteroatoms. The lowest BCUT2D eigenvalue weighted by Gasteiger charge is -2.15. The molecule has 0 amide bonds. The predicted octanol–water partition coefficient (Wildman–Crippen LogP) is 3.63. The van der Waals surface area contributed by atoms with Crippen molar-refractivity contribution in [3.63, 3.8) is 0 Å². The fourth-order valence-corrected chi connectivity index (χ4v) is 1.58. The Morgan fingerprint density at radius 1 is 1.29 bits per heavy atom. The van der Waals surface area contributed by atoms with Gasteiger partial charge in [-0.15, -0.1) is 0 Å². The first-order chi connectivity index (χ1) is 6.65. The number of hydrogen-bond acceptors (Lipinski definition) is 1. The first-order valence-corrected chi connectivity index (χ1v) is 5.47. The van der Waals surface area contributed by atoms with Gasteiger partial charge in [-0.05, 0) is 30.4 Å². The molecule has 0 atom stereocenters. The average Bonchev–Trinajstić information content (AvgIpc) is 2.15. The van der Waals surface area contributed by atoms with Gasteiger partial charge in [0.05, 0.1) is 0 Å². The summed E-state index contributed by atoms with van der Waals surface area (Å²) in [5.41, 5.74) is 4.11. The van der Waals surface area contributed by atoms with E-state index in [0.29, 0.717) is 5.92 Å². The second kappa shape index (κ2) is 5.04. The molecule has 1 rings (SSSR count). The fourth-order valence-electron chi connectivity index (χ4n) is 1.58. The van der Waals surface area contributed by atoms with Crippen LogP contribution in [0.15, 0.2) is 18.2 Å². The largest absolute Gasteiger partial charge is 0.384 e. The zero-order valence-electron chi connectivity index (χ0n) is 9.72. The van der Waals surface area contributed by atoms with Crippen molar-refractivity contribution in [1.82, 2.24) is 0 Å². The predicted molar refractivity (Wildman–Crippen MR) is 63.9 cm³/mol. The van der Waals surface area contributed by atoms with Crippen LogP contribution in [0.3, 0.4) is 0 Å². The molecule has 0 aliphatic carbocycles. The molecule has 0 spiro atoms. The van der Waals surface area contributed by atoms with Crippen molar-refractivity contribution in [1.29, 1.82) is 0 Å². The molecule has 14 heavy (non-hydrogen) atoms. The molecule has 0 bridgehead atoms. The Balaban J connectivity index is 2.82. The second-order valence-corrected chi connectivity index (χ2v) is 4.24. The smallest absolute Gasteiger partial charge is 0.0402 e. The van der Waals surface area contributed by atoms with Crippen molar-refractivity contribution in [3.8, 4) is 0 Å². The van der Waals surface area contributed by atoms with Gasteiger partial charge in [-0.1, -0.05) is 39.0 Å². The maximum absolute atomic E-state index is 3.53. The normalized spacial score (nSPS) is 10.6. The molecule has 0 radical (unpaired) electrons. The van der Waals surface area contributed by atoms with E-state index in [9.17, 15) is 0 Å². The molecular weight excluding hydrogens is 170 g/mol. The highest BCUT2D eigenvalue weighted by Crippen LogP contribution is 2.21. The lowest BCUT2D eigenvalue weighted by molar-refractivity contribution is 0.688. The van der Waals surface area contributed by atoms with Crippen molar-refractivity contribution >= 4 is 5.69 Å². The zero-order valence-corrected chi connectivity index (χ0v) is 9.72. The highest BCUT2D eigenvalue weighted by atomic mass is 14.9. The summed E-state index contributed by atoms with van der Waals surface area (Å²) in [5.74, 6) is 0.694. The van der Waals surface area contributed by atoms with Gasteiger partial charge in [0.1, 0.15) is 0 Å². The standard InChI is InChI=1S/C13H21N/c1-5-12-8-6-7-11(4)13(12)14-9-10(2)3/h6-8,10,14H,5,9H2,1-4H3. The van der Waals surface area contributed by atoms with E-state index in [-0.39, 0.29) is 0 Å². The van der Waals surface area contributed by atoms with Crippen molar-refractivity contribution in [2.24, 2.45) is 5.92 Å². The lowest BCUT2D eigenvalue weighted by atomic mass is 10.1. The van der Waals surface area contributed by atoms with Crippen LogP contribution in [-0.2, 0) is 6.42 Å². The summed E-state index contributed by atoms with van der Waals surface area (Å²) in [7, 11) is 0. The van der Waals surface area contributed by atoms with E-state index in [1.165, 1.54) is 16.8 Å². The van der Waals surface area contributed by atoms with E-state index in [1.807, 2.05) is 0 Å². The van der Waals surface area contributed by atoms with Gasteiger partial charge in [-0.3, -0.25) is 0 Å². The van der Waals surface area contributed by atoms with Gasteiger partial charge in [-0.2, -0.15) is 0 Å². The summed E-state index contributed by atoms with van der Waals surface area (Å²) in [5, 5.41) is 3.53. The molecule has 1 aromatic carbocycles. The van der Waals surface area contributed by atoms with E-state index in [4.69, 9.17) is 0 Å². The molecule has 1 N–H and O–H groups in total.